The quantitative estimate of drug-likeness (QED) is 0.665. The van der Waals surface area contributed by atoms with Crippen LogP contribution in [0.15, 0.2) is 18.3 Å². The zero-order chi connectivity index (χ0) is 8.97. The highest BCUT2D eigenvalue weighted by atomic mass is 16.5. The Bertz CT molecular complexity index is 302. The van der Waals surface area contributed by atoms with Crippen molar-refractivity contribution in [1.29, 1.82) is 5.26 Å². The zero-order valence-corrected chi connectivity index (χ0v) is 7.11. The second-order valence-electron chi connectivity index (χ2n) is 2.63. The Morgan fingerprint density at radius 1 is 1.58 bits per heavy atom. The van der Waals surface area contributed by atoms with Crippen molar-refractivity contribution in [2.45, 2.75) is 20.0 Å². The van der Waals surface area contributed by atoms with Crippen molar-refractivity contribution in [1.82, 2.24) is 4.98 Å². The molecule has 0 radical (unpaired) electrons. The molecule has 0 aliphatic carbocycles. The van der Waals surface area contributed by atoms with E-state index in [9.17, 15) is 0 Å². The molecule has 0 bridgehead atoms. The van der Waals surface area contributed by atoms with Crippen LogP contribution in [-0.2, 0) is 0 Å². The number of ether oxygens (including phenoxy) is 1. The van der Waals surface area contributed by atoms with Crippen LogP contribution in [0.2, 0.25) is 0 Å². The molecule has 0 amide bonds. The molecule has 0 aliphatic heterocycles. The van der Waals surface area contributed by atoms with Gasteiger partial charge in [0.1, 0.15) is 11.6 Å². The summed E-state index contributed by atoms with van der Waals surface area (Å²) in [6.07, 6.45) is 1.66. The van der Waals surface area contributed by atoms with Crippen molar-refractivity contribution >= 4 is 0 Å². The van der Waals surface area contributed by atoms with Gasteiger partial charge in [0.05, 0.1) is 6.10 Å². The first-order chi connectivity index (χ1) is 5.74. The molecule has 62 valence electrons. The number of rotatable bonds is 2. The van der Waals surface area contributed by atoms with Crippen LogP contribution in [0.1, 0.15) is 19.4 Å². The monoisotopic (exact) mass is 162 g/mol. The second-order valence-corrected chi connectivity index (χ2v) is 2.63. The molecule has 0 saturated heterocycles. The molecule has 0 fully saturated rings. The molecule has 3 nitrogen and oxygen atoms in total. The summed E-state index contributed by atoms with van der Waals surface area (Å²) in [4.78, 5) is 3.94. The van der Waals surface area contributed by atoms with Gasteiger partial charge in [0.2, 0.25) is 5.88 Å². The SMILES string of the molecule is CC(C)Oc1ncccc1C#N. The highest BCUT2D eigenvalue weighted by Gasteiger charge is 2.04. The van der Waals surface area contributed by atoms with Crippen LogP contribution in [-0.4, -0.2) is 11.1 Å². The third-order valence-electron chi connectivity index (χ3n) is 1.24. The maximum Gasteiger partial charge on any atom is 0.231 e. The molecule has 3 heteroatoms. The summed E-state index contributed by atoms with van der Waals surface area (Å²) in [6.45, 7) is 3.80. The summed E-state index contributed by atoms with van der Waals surface area (Å²) in [7, 11) is 0. The maximum absolute atomic E-state index is 8.66. The van der Waals surface area contributed by atoms with Gasteiger partial charge >= 0.3 is 0 Å². The molecule has 1 heterocycles. The molecular weight excluding hydrogens is 152 g/mol. The van der Waals surface area contributed by atoms with Crippen molar-refractivity contribution in [3.63, 3.8) is 0 Å². The van der Waals surface area contributed by atoms with E-state index in [0.717, 1.165) is 0 Å². The van der Waals surface area contributed by atoms with Gasteiger partial charge in [0, 0.05) is 6.20 Å². The van der Waals surface area contributed by atoms with Gasteiger partial charge in [-0.15, -0.1) is 0 Å². The first-order valence-electron chi connectivity index (χ1n) is 3.76. The van der Waals surface area contributed by atoms with E-state index < -0.39 is 0 Å². The van der Waals surface area contributed by atoms with Crippen LogP contribution < -0.4 is 4.74 Å². The number of nitriles is 1. The molecule has 12 heavy (non-hydrogen) atoms. The fourth-order valence-corrected chi connectivity index (χ4v) is 0.793. The predicted octanol–water partition coefficient (Wildman–Crippen LogP) is 1.74. The zero-order valence-electron chi connectivity index (χ0n) is 7.11. The Balaban J connectivity index is 2.91. The average Bonchev–Trinajstić information content (AvgIpc) is 2.04. The van der Waals surface area contributed by atoms with Crippen molar-refractivity contribution in [3.05, 3.63) is 23.9 Å². The van der Waals surface area contributed by atoms with Gasteiger partial charge in [-0.1, -0.05) is 0 Å². The van der Waals surface area contributed by atoms with Crippen LogP contribution in [0, 0.1) is 11.3 Å². The van der Waals surface area contributed by atoms with Crippen LogP contribution in [0.5, 0.6) is 5.88 Å². The van der Waals surface area contributed by atoms with Gasteiger partial charge in [-0.25, -0.2) is 4.98 Å². The fraction of sp³-hybridized carbons (Fsp3) is 0.333. The molecule has 0 spiro atoms. The largest absolute Gasteiger partial charge is 0.474 e. The normalized spacial score (nSPS) is 9.50. The van der Waals surface area contributed by atoms with Crippen LogP contribution in [0.4, 0.5) is 0 Å². The van der Waals surface area contributed by atoms with E-state index in [1.54, 1.807) is 18.3 Å². The van der Waals surface area contributed by atoms with Crippen LogP contribution in [0.25, 0.3) is 0 Å². The standard InChI is InChI=1S/C9H10N2O/c1-7(2)12-9-8(6-10)4-3-5-11-9/h3-5,7H,1-2H3. The minimum atomic E-state index is 0.0481. The van der Waals surface area contributed by atoms with Gasteiger partial charge in [-0.3, -0.25) is 0 Å². The lowest BCUT2D eigenvalue weighted by atomic mass is 10.3. The summed E-state index contributed by atoms with van der Waals surface area (Å²) in [5.74, 6) is 0.412. The van der Waals surface area contributed by atoms with Gasteiger partial charge in [0.15, 0.2) is 0 Å². The van der Waals surface area contributed by atoms with E-state index in [1.807, 2.05) is 19.9 Å². The van der Waals surface area contributed by atoms with Gasteiger partial charge in [-0.05, 0) is 26.0 Å². The smallest absolute Gasteiger partial charge is 0.231 e. The van der Waals surface area contributed by atoms with Crippen molar-refractivity contribution in [2.24, 2.45) is 0 Å². The van der Waals surface area contributed by atoms with E-state index >= 15 is 0 Å². The Morgan fingerprint density at radius 2 is 2.33 bits per heavy atom. The number of pyridine rings is 1. The first kappa shape index (κ1) is 8.54. The third-order valence-corrected chi connectivity index (χ3v) is 1.24. The summed E-state index contributed by atoms with van der Waals surface area (Å²) >= 11 is 0. The Morgan fingerprint density at radius 3 is 2.92 bits per heavy atom. The Kier molecular flexibility index (Phi) is 2.65. The van der Waals surface area contributed by atoms with E-state index in [4.69, 9.17) is 10.00 Å². The van der Waals surface area contributed by atoms with E-state index in [2.05, 4.69) is 4.98 Å². The predicted molar refractivity (Wildman–Crippen MR) is 44.7 cm³/mol. The number of hydrogen-bond donors (Lipinski definition) is 0. The van der Waals surface area contributed by atoms with E-state index in [0.29, 0.717) is 11.4 Å². The molecule has 0 saturated carbocycles. The van der Waals surface area contributed by atoms with E-state index in [-0.39, 0.29) is 6.10 Å². The van der Waals surface area contributed by atoms with Crippen molar-refractivity contribution < 1.29 is 4.74 Å². The molecule has 0 unspecified atom stereocenters. The molecule has 0 N–H and O–H groups in total. The molecule has 0 aliphatic rings. The minimum absolute atomic E-state index is 0.0481. The molecule has 0 atom stereocenters. The topological polar surface area (TPSA) is 45.9 Å². The van der Waals surface area contributed by atoms with Gasteiger partial charge < -0.3 is 4.74 Å². The Labute approximate surface area is 71.6 Å². The molecule has 1 rings (SSSR count). The number of hydrogen-bond acceptors (Lipinski definition) is 3. The first-order valence-corrected chi connectivity index (χ1v) is 3.76. The summed E-state index contributed by atoms with van der Waals surface area (Å²) < 4.78 is 5.30. The molecule has 1 aromatic heterocycles. The summed E-state index contributed by atoms with van der Waals surface area (Å²) in [5.41, 5.74) is 0.478. The fourth-order valence-electron chi connectivity index (χ4n) is 0.793. The lowest BCUT2D eigenvalue weighted by molar-refractivity contribution is 0.232. The average molecular weight is 162 g/mol. The van der Waals surface area contributed by atoms with E-state index in [1.165, 1.54) is 0 Å². The molecule has 1 aromatic rings. The van der Waals surface area contributed by atoms with Crippen LogP contribution >= 0.6 is 0 Å². The van der Waals surface area contributed by atoms with Crippen LogP contribution in [0.3, 0.4) is 0 Å². The summed E-state index contributed by atoms with van der Waals surface area (Å²) in [5, 5.41) is 8.66. The minimum Gasteiger partial charge on any atom is -0.474 e. The number of nitrogens with zero attached hydrogens (tertiary/aromatic N) is 2. The van der Waals surface area contributed by atoms with Crippen molar-refractivity contribution in [3.8, 4) is 11.9 Å². The lowest BCUT2D eigenvalue weighted by Crippen LogP contribution is -2.07. The lowest BCUT2D eigenvalue weighted by Gasteiger charge is -2.08. The Hall–Kier alpha value is -1.56. The highest BCUT2D eigenvalue weighted by molar-refractivity contribution is 5.36. The second kappa shape index (κ2) is 3.72. The maximum atomic E-state index is 8.66. The van der Waals surface area contributed by atoms with Gasteiger partial charge in [-0.2, -0.15) is 5.26 Å². The summed E-state index contributed by atoms with van der Waals surface area (Å²) in [6, 6.07) is 5.41. The highest BCUT2D eigenvalue weighted by Crippen LogP contribution is 2.13. The third kappa shape index (κ3) is 1.96. The molecular formula is C9H10N2O. The van der Waals surface area contributed by atoms with Gasteiger partial charge in [0.25, 0.3) is 0 Å². The van der Waals surface area contributed by atoms with Crippen molar-refractivity contribution in [2.75, 3.05) is 0 Å². The number of aromatic nitrogens is 1. The molecule has 0 aromatic carbocycles.